The van der Waals surface area contributed by atoms with E-state index in [0.29, 0.717) is 30.1 Å². The first-order chi connectivity index (χ1) is 13.4. The Labute approximate surface area is 164 Å². The lowest BCUT2D eigenvalue weighted by atomic mass is 9.77. The molecule has 10 nitrogen and oxygen atoms in total. The predicted molar refractivity (Wildman–Crippen MR) is 98.8 cm³/mol. The zero-order chi connectivity index (χ0) is 20.3. The fourth-order valence-electron chi connectivity index (χ4n) is 2.91. The van der Waals surface area contributed by atoms with E-state index in [9.17, 15) is 19.7 Å². The Morgan fingerprint density at radius 3 is 2.89 bits per heavy atom. The van der Waals surface area contributed by atoms with Gasteiger partial charge in [-0.2, -0.15) is 0 Å². The van der Waals surface area contributed by atoms with E-state index in [1.165, 1.54) is 25.2 Å². The number of aliphatic carboxylic acids is 1. The highest BCUT2D eigenvalue weighted by Gasteiger charge is 2.39. The van der Waals surface area contributed by atoms with Gasteiger partial charge in [0.25, 0.3) is 0 Å². The monoisotopic (exact) mass is 407 g/mol. The van der Waals surface area contributed by atoms with Crippen molar-refractivity contribution in [3.63, 3.8) is 0 Å². The highest BCUT2D eigenvalue weighted by Crippen LogP contribution is 2.39. The second-order valence-electron chi connectivity index (χ2n) is 6.11. The maximum atomic E-state index is 11.6. The van der Waals surface area contributed by atoms with Crippen molar-refractivity contribution >= 4 is 30.8 Å². The molecule has 1 unspecified atom stereocenters. The van der Waals surface area contributed by atoms with E-state index in [1.54, 1.807) is 16.7 Å². The van der Waals surface area contributed by atoms with Crippen molar-refractivity contribution in [1.29, 1.82) is 0 Å². The lowest BCUT2D eigenvalue weighted by molar-refractivity contribution is -0.137. The molecule has 1 aromatic carbocycles. The fourth-order valence-corrected chi connectivity index (χ4v) is 3.99. The first-order valence-electron chi connectivity index (χ1n) is 8.44. The number of thioether (sulfide) groups is 1. The third-order valence-electron chi connectivity index (χ3n) is 4.24. The predicted octanol–water partition coefficient (Wildman–Crippen LogP) is 0.965. The van der Waals surface area contributed by atoms with Gasteiger partial charge in [-0.3, -0.25) is 4.79 Å². The maximum absolute atomic E-state index is 11.6. The molecular weight excluding hydrogens is 389 g/mol. The molecule has 2 aromatic rings. The molecule has 0 bridgehead atoms. The summed E-state index contributed by atoms with van der Waals surface area (Å²) in [6, 6.07) is 3.26. The Hall–Kier alpha value is -2.73. The van der Waals surface area contributed by atoms with Crippen LogP contribution in [0.1, 0.15) is 28.8 Å². The molecule has 0 saturated carbocycles. The topological polar surface area (TPSA) is 144 Å². The number of benzene rings is 1. The lowest BCUT2D eigenvalue weighted by Gasteiger charge is -2.28. The summed E-state index contributed by atoms with van der Waals surface area (Å²) < 4.78 is 12.3. The van der Waals surface area contributed by atoms with Crippen molar-refractivity contribution in [2.75, 3.05) is 7.11 Å². The van der Waals surface area contributed by atoms with E-state index < -0.39 is 24.2 Å². The Morgan fingerprint density at radius 1 is 1.43 bits per heavy atom. The van der Waals surface area contributed by atoms with Crippen LogP contribution in [0.2, 0.25) is 0 Å². The zero-order valence-electron chi connectivity index (χ0n) is 14.9. The van der Waals surface area contributed by atoms with Crippen LogP contribution in [0.4, 0.5) is 0 Å². The molecule has 148 valence electrons. The summed E-state index contributed by atoms with van der Waals surface area (Å²) >= 11 is 1.24. The van der Waals surface area contributed by atoms with Gasteiger partial charge in [0.05, 0.1) is 12.3 Å². The Kier molecular flexibility index (Phi) is 6.10. The average Bonchev–Trinajstić information content (AvgIpc) is 3.08. The SMILES string of the molecule is COc1ccc2c(c1C(=O)O)OB(O)C(Sc1nncn1CCCC(=O)O)C2. The fraction of sp³-hybridized carbons (Fsp3) is 0.375. The number of carboxylic acids is 2. The molecule has 0 fully saturated rings. The Bertz CT molecular complexity index is 891. The lowest BCUT2D eigenvalue weighted by Crippen LogP contribution is -2.41. The van der Waals surface area contributed by atoms with Crippen molar-refractivity contribution in [2.24, 2.45) is 0 Å². The Balaban J connectivity index is 1.77. The van der Waals surface area contributed by atoms with Crippen LogP contribution in [0, 0.1) is 0 Å². The Morgan fingerprint density at radius 2 is 2.21 bits per heavy atom. The second kappa shape index (κ2) is 8.53. The summed E-state index contributed by atoms with van der Waals surface area (Å²) in [7, 11) is 0.107. The third-order valence-corrected chi connectivity index (χ3v) is 5.47. The molecule has 28 heavy (non-hydrogen) atoms. The quantitative estimate of drug-likeness (QED) is 0.541. The number of methoxy groups -OCH3 is 1. The van der Waals surface area contributed by atoms with Gasteiger partial charge in [-0.25, -0.2) is 4.79 Å². The van der Waals surface area contributed by atoms with Gasteiger partial charge in [0.15, 0.2) is 5.16 Å². The number of fused-ring (bicyclic) bond motifs is 1. The molecule has 0 spiro atoms. The number of carbonyl (C=O) groups is 2. The largest absolute Gasteiger partial charge is 0.537 e. The minimum Gasteiger partial charge on any atom is -0.534 e. The molecule has 1 atom stereocenters. The standard InChI is InChI=1S/C16H18BN3O7S/c1-26-10-5-4-9-7-11(17(25)27-14(9)13(10)15(23)24)28-16-19-18-8-20(16)6-2-3-12(21)22/h4-5,8,11,25H,2-3,6-7H2,1H3,(H,21,22)(H,23,24). The van der Waals surface area contributed by atoms with Crippen LogP contribution in [0.3, 0.4) is 0 Å². The average molecular weight is 407 g/mol. The van der Waals surface area contributed by atoms with Gasteiger partial charge >= 0.3 is 19.1 Å². The van der Waals surface area contributed by atoms with Gasteiger partial charge in [0, 0.05) is 13.0 Å². The maximum Gasteiger partial charge on any atom is 0.537 e. The summed E-state index contributed by atoms with van der Waals surface area (Å²) in [5.41, 5.74) is 0.511. The van der Waals surface area contributed by atoms with Gasteiger partial charge in [-0.05, 0) is 24.5 Å². The van der Waals surface area contributed by atoms with Crippen LogP contribution in [-0.4, -0.2) is 61.3 Å². The molecule has 1 aromatic heterocycles. The van der Waals surface area contributed by atoms with Gasteiger partial charge in [-0.1, -0.05) is 17.8 Å². The van der Waals surface area contributed by atoms with E-state index in [1.807, 2.05) is 0 Å². The van der Waals surface area contributed by atoms with Crippen LogP contribution in [0.5, 0.6) is 11.5 Å². The summed E-state index contributed by atoms with van der Waals surface area (Å²) in [6.45, 7) is 0.433. The zero-order valence-corrected chi connectivity index (χ0v) is 15.8. The summed E-state index contributed by atoms with van der Waals surface area (Å²) in [5.74, 6) is -1.83. The van der Waals surface area contributed by atoms with Crippen LogP contribution >= 0.6 is 11.8 Å². The minimum atomic E-state index is -1.26. The molecule has 3 N–H and O–H groups in total. The molecule has 1 aliphatic heterocycles. The number of carboxylic acid groups (broad SMARTS) is 2. The first-order valence-corrected chi connectivity index (χ1v) is 9.32. The molecule has 1 aliphatic rings. The number of ether oxygens (including phenoxy) is 1. The number of aromatic nitrogens is 3. The van der Waals surface area contributed by atoms with Gasteiger partial charge in [0.1, 0.15) is 23.4 Å². The number of aryl methyl sites for hydroxylation is 1. The van der Waals surface area contributed by atoms with Crippen LogP contribution in [0.25, 0.3) is 0 Å². The van der Waals surface area contributed by atoms with Gasteiger partial charge in [-0.15, -0.1) is 10.2 Å². The van der Waals surface area contributed by atoms with E-state index >= 15 is 0 Å². The number of rotatable bonds is 8. The van der Waals surface area contributed by atoms with E-state index in [4.69, 9.17) is 14.5 Å². The molecular formula is C16H18BN3O7S. The van der Waals surface area contributed by atoms with E-state index in [-0.39, 0.29) is 23.5 Å². The number of aromatic carboxylic acids is 1. The number of nitrogens with zero attached hydrogens (tertiary/aromatic N) is 3. The summed E-state index contributed by atoms with van der Waals surface area (Å²) in [5, 5.41) is 36.6. The molecule has 2 heterocycles. The summed E-state index contributed by atoms with van der Waals surface area (Å²) in [6.07, 6.45) is 2.31. The number of hydrogen-bond acceptors (Lipinski definition) is 8. The summed E-state index contributed by atoms with van der Waals surface area (Å²) in [4.78, 5) is 22.2. The van der Waals surface area contributed by atoms with E-state index in [2.05, 4.69) is 10.2 Å². The van der Waals surface area contributed by atoms with Gasteiger partial charge in [0.2, 0.25) is 0 Å². The van der Waals surface area contributed by atoms with Crippen LogP contribution in [-0.2, 0) is 17.8 Å². The highest BCUT2D eigenvalue weighted by molar-refractivity contribution is 8.01. The molecule has 0 radical (unpaired) electrons. The smallest absolute Gasteiger partial charge is 0.534 e. The van der Waals surface area contributed by atoms with Crippen molar-refractivity contribution in [3.05, 3.63) is 29.6 Å². The number of hydrogen-bond donors (Lipinski definition) is 3. The molecule has 12 heteroatoms. The molecule has 0 saturated heterocycles. The van der Waals surface area contributed by atoms with E-state index in [0.717, 1.165) is 0 Å². The second-order valence-corrected chi connectivity index (χ2v) is 7.32. The van der Waals surface area contributed by atoms with Crippen LogP contribution < -0.4 is 9.39 Å². The van der Waals surface area contributed by atoms with Gasteiger partial charge < -0.3 is 29.2 Å². The van der Waals surface area contributed by atoms with Crippen molar-refractivity contribution < 1.29 is 34.2 Å². The third kappa shape index (κ3) is 4.23. The molecule has 0 amide bonds. The highest BCUT2D eigenvalue weighted by atomic mass is 32.2. The minimum absolute atomic E-state index is 0.0324. The van der Waals surface area contributed by atoms with Crippen molar-refractivity contribution in [1.82, 2.24) is 14.8 Å². The van der Waals surface area contributed by atoms with Crippen molar-refractivity contribution in [2.45, 2.75) is 36.1 Å². The van der Waals surface area contributed by atoms with Crippen LogP contribution in [0.15, 0.2) is 23.6 Å². The molecule has 0 aliphatic carbocycles. The normalized spacial score (nSPS) is 15.6. The first kappa shape index (κ1) is 20.0. The van der Waals surface area contributed by atoms with Crippen molar-refractivity contribution in [3.8, 4) is 11.5 Å². The molecule has 3 rings (SSSR count).